The Labute approximate surface area is 287 Å². The second-order valence-corrected chi connectivity index (χ2v) is 13.0. The quantitative estimate of drug-likeness (QED) is 0.143. The first kappa shape index (κ1) is 27.2. The molecule has 232 valence electrons. The molecule has 0 radical (unpaired) electrons. The lowest BCUT2D eigenvalue weighted by atomic mass is 9.94. The summed E-state index contributed by atoms with van der Waals surface area (Å²) in [5, 5.41) is 8.24. The Morgan fingerprint density at radius 1 is 0.380 bits per heavy atom. The van der Waals surface area contributed by atoms with Crippen molar-refractivity contribution in [3.63, 3.8) is 0 Å². The molecule has 0 fully saturated rings. The van der Waals surface area contributed by atoms with Crippen molar-refractivity contribution in [3.8, 4) is 22.5 Å². The van der Waals surface area contributed by atoms with Gasteiger partial charge < -0.3 is 9.13 Å². The fourth-order valence-corrected chi connectivity index (χ4v) is 8.20. The molecular weight excluding hydrogens is 609 g/mol. The lowest BCUT2D eigenvalue weighted by molar-refractivity contribution is 1.13. The zero-order valence-electron chi connectivity index (χ0n) is 27.0. The molecule has 7 aromatic carbocycles. The Morgan fingerprint density at radius 2 is 0.880 bits per heavy atom. The van der Waals surface area contributed by atoms with E-state index in [1.54, 1.807) is 0 Å². The topological polar surface area (TPSA) is 35.6 Å². The van der Waals surface area contributed by atoms with Crippen molar-refractivity contribution in [1.82, 2.24) is 19.1 Å². The van der Waals surface area contributed by atoms with Crippen LogP contribution >= 0.6 is 0 Å². The minimum Gasteiger partial charge on any atom is -0.309 e. The number of nitrogens with zero attached hydrogens (tertiary/aromatic N) is 4. The van der Waals surface area contributed by atoms with Crippen LogP contribution in [-0.4, -0.2) is 19.1 Å². The number of benzene rings is 7. The van der Waals surface area contributed by atoms with Crippen molar-refractivity contribution in [1.29, 1.82) is 0 Å². The number of pyridine rings is 2. The minimum atomic E-state index is 0.914. The lowest BCUT2D eigenvalue weighted by Gasteiger charge is -2.18. The van der Waals surface area contributed by atoms with E-state index in [9.17, 15) is 0 Å². The van der Waals surface area contributed by atoms with Crippen LogP contribution in [-0.2, 0) is 0 Å². The number of para-hydroxylation sites is 5. The molecule has 0 bridgehead atoms. The van der Waals surface area contributed by atoms with Gasteiger partial charge >= 0.3 is 0 Å². The molecule has 50 heavy (non-hydrogen) atoms. The molecule has 4 aromatic heterocycles. The second kappa shape index (κ2) is 10.4. The maximum atomic E-state index is 5.23. The van der Waals surface area contributed by atoms with Gasteiger partial charge in [0, 0.05) is 60.8 Å². The monoisotopic (exact) mass is 636 g/mol. The molecule has 4 heterocycles. The van der Waals surface area contributed by atoms with Gasteiger partial charge in [0.25, 0.3) is 0 Å². The predicted octanol–water partition coefficient (Wildman–Crippen LogP) is 11.8. The molecule has 11 rings (SSSR count). The maximum absolute atomic E-state index is 5.23. The highest BCUT2D eigenvalue weighted by atomic mass is 15.0. The van der Waals surface area contributed by atoms with E-state index < -0.39 is 0 Å². The third-order valence-corrected chi connectivity index (χ3v) is 10.3. The van der Waals surface area contributed by atoms with Gasteiger partial charge in [-0.05, 0) is 60.2 Å². The summed E-state index contributed by atoms with van der Waals surface area (Å²) in [6.07, 6.45) is 1.86. The van der Waals surface area contributed by atoms with E-state index in [1.165, 1.54) is 43.6 Å². The number of rotatable bonds is 3. The summed E-state index contributed by atoms with van der Waals surface area (Å²) in [5.74, 6) is 0. The molecule has 0 aliphatic heterocycles. The van der Waals surface area contributed by atoms with Crippen LogP contribution < -0.4 is 0 Å². The number of aromatic nitrogens is 4. The summed E-state index contributed by atoms with van der Waals surface area (Å²) < 4.78 is 4.85. The first-order valence-electron chi connectivity index (χ1n) is 17.0. The van der Waals surface area contributed by atoms with Gasteiger partial charge in [0.1, 0.15) is 0 Å². The van der Waals surface area contributed by atoms with Gasteiger partial charge in [0.2, 0.25) is 0 Å². The summed E-state index contributed by atoms with van der Waals surface area (Å²) in [4.78, 5) is 10.1. The van der Waals surface area contributed by atoms with E-state index >= 15 is 0 Å². The molecule has 0 aliphatic rings. The summed E-state index contributed by atoms with van der Waals surface area (Å²) >= 11 is 0. The second-order valence-electron chi connectivity index (χ2n) is 13.0. The zero-order valence-corrected chi connectivity index (χ0v) is 27.0. The van der Waals surface area contributed by atoms with Gasteiger partial charge in [-0.3, -0.25) is 4.98 Å². The Bertz CT molecular complexity index is 2930. The van der Waals surface area contributed by atoms with Gasteiger partial charge in [-0.15, -0.1) is 0 Å². The van der Waals surface area contributed by atoms with Gasteiger partial charge in [0.05, 0.1) is 38.6 Å². The molecule has 0 unspecified atom stereocenters. The van der Waals surface area contributed by atoms with Crippen LogP contribution in [0.1, 0.15) is 0 Å². The minimum absolute atomic E-state index is 0.914. The molecule has 0 spiro atoms. The highest BCUT2D eigenvalue weighted by Gasteiger charge is 2.20. The summed E-state index contributed by atoms with van der Waals surface area (Å²) in [6, 6.07) is 59.0. The SMILES string of the molecule is c1cnc2c(c1)ccc1c(-c3cc(-n4c5ccccc5c5ccccc54)cc(-n4c5ccccc5c5ccccc54)c3)c3ccccc3nc12. The van der Waals surface area contributed by atoms with Crippen LogP contribution in [0.3, 0.4) is 0 Å². The Hall–Kier alpha value is -6.78. The molecule has 0 amide bonds. The summed E-state index contributed by atoms with van der Waals surface area (Å²) in [5.41, 5.74) is 12.0. The van der Waals surface area contributed by atoms with E-state index in [0.717, 1.165) is 55.2 Å². The average Bonchev–Trinajstić information content (AvgIpc) is 3.70. The molecule has 0 aliphatic carbocycles. The van der Waals surface area contributed by atoms with Crippen molar-refractivity contribution >= 4 is 76.3 Å². The van der Waals surface area contributed by atoms with Crippen LogP contribution in [0.15, 0.2) is 170 Å². The van der Waals surface area contributed by atoms with Gasteiger partial charge in [-0.25, -0.2) is 4.98 Å². The Balaban J connectivity index is 1.33. The lowest BCUT2D eigenvalue weighted by Crippen LogP contribution is -2.01. The summed E-state index contributed by atoms with van der Waals surface area (Å²) in [7, 11) is 0. The third-order valence-electron chi connectivity index (χ3n) is 10.3. The molecule has 4 nitrogen and oxygen atoms in total. The van der Waals surface area contributed by atoms with E-state index in [4.69, 9.17) is 9.97 Å². The van der Waals surface area contributed by atoms with Crippen LogP contribution in [0.2, 0.25) is 0 Å². The van der Waals surface area contributed by atoms with Crippen LogP contribution in [0, 0.1) is 0 Å². The van der Waals surface area contributed by atoms with E-state index in [1.807, 2.05) is 12.3 Å². The first-order chi connectivity index (χ1) is 24.8. The van der Waals surface area contributed by atoms with Gasteiger partial charge in [-0.1, -0.05) is 109 Å². The normalized spacial score (nSPS) is 12.0. The molecule has 0 saturated heterocycles. The van der Waals surface area contributed by atoms with Crippen molar-refractivity contribution in [3.05, 3.63) is 170 Å². The van der Waals surface area contributed by atoms with Crippen molar-refractivity contribution < 1.29 is 0 Å². The van der Waals surface area contributed by atoms with Gasteiger partial charge in [0.15, 0.2) is 0 Å². The molecule has 4 heteroatoms. The molecule has 0 saturated carbocycles. The van der Waals surface area contributed by atoms with Crippen LogP contribution in [0.25, 0.3) is 98.8 Å². The van der Waals surface area contributed by atoms with Crippen molar-refractivity contribution in [2.75, 3.05) is 0 Å². The standard InChI is InChI=1S/C46H28N4/c1-6-18-39-37(17-1)44(38-24-23-29-12-11-25-47-45(29)46(38)48-39)30-26-31(49-40-19-7-2-13-33(40)34-14-3-8-20-41(34)49)28-32(27-30)50-42-21-9-4-15-35(42)36-16-5-10-22-43(36)50/h1-28H. The van der Waals surface area contributed by atoms with E-state index in [2.05, 4.69) is 167 Å². The smallest absolute Gasteiger partial charge is 0.0978 e. The molecular formula is C46H28N4. The molecule has 11 aromatic rings. The Morgan fingerprint density at radius 3 is 1.44 bits per heavy atom. The highest BCUT2D eigenvalue weighted by molar-refractivity contribution is 6.17. The zero-order chi connectivity index (χ0) is 32.8. The Kier molecular flexibility index (Phi) is 5.63. The predicted molar refractivity (Wildman–Crippen MR) is 209 cm³/mol. The van der Waals surface area contributed by atoms with Gasteiger partial charge in [-0.2, -0.15) is 0 Å². The number of fused-ring (bicyclic) bond motifs is 10. The fourth-order valence-electron chi connectivity index (χ4n) is 8.20. The summed E-state index contributed by atoms with van der Waals surface area (Å²) in [6.45, 7) is 0. The van der Waals surface area contributed by atoms with Crippen LogP contribution in [0.5, 0.6) is 0 Å². The number of hydrogen-bond donors (Lipinski definition) is 0. The first-order valence-corrected chi connectivity index (χ1v) is 17.0. The van der Waals surface area contributed by atoms with E-state index in [-0.39, 0.29) is 0 Å². The molecule has 0 atom stereocenters. The van der Waals surface area contributed by atoms with E-state index in [0.29, 0.717) is 0 Å². The maximum Gasteiger partial charge on any atom is 0.0978 e. The largest absolute Gasteiger partial charge is 0.309 e. The average molecular weight is 637 g/mol. The van der Waals surface area contributed by atoms with Crippen molar-refractivity contribution in [2.24, 2.45) is 0 Å². The van der Waals surface area contributed by atoms with Crippen molar-refractivity contribution in [2.45, 2.75) is 0 Å². The third kappa shape index (κ3) is 3.81. The van der Waals surface area contributed by atoms with Crippen LogP contribution in [0.4, 0.5) is 0 Å². The molecule has 0 N–H and O–H groups in total. The fraction of sp³-hybridized carbons (Fsp3) is 0. The number of hydrogen-bond acceptors (Lipinski definition) is 2. The highest BCUT2D eigenvalue weighted by Crippen LogP contribution is 2.42.